The van der Waals surface area contributed by atoms with Gasteiger partial charge in [-0.1, -0.05) is 12.2 Å². The average Bonchev–Trinajstić information content (AvgIpc) is 2.87. The zero-order chi connectivity index (χ0) is 13.9. The summed E-state index contributed by atoms with van der Waals surface area (Å²) in [6.07, 6.45) is 3.23. The van der Waals surface area contributed by atoms with Crippen LogP contribution < -0.4 is 11.1 Å². The average molecular weight is 395 g/mol. The molecule has 116 valence electrons. The minimum atomic E-state index is -0.195. The number of rotatable bonds is 5. The Balaban J connectivity index is 0.00000200. The van der Waals surface area contributed by atoms with Gasteiger partial charge in [0, 0.05) is 13.2 Å². The molecule has 1 spiro atoms. The first-order valence-electron chi connectivity index (χ1n) is 7.05. The number of guanidine groups is 1. The minimum Gasteiger partial charge on any atom is -0.375 e. The third kappa shape index (κ3) is 3.65. The molecule has 1 aliphatic heterocycles. The molecule has 3 N–H and O–H groups in total. The Bertz CT molecular complexity index is 367. The maximum absolute atomic E-state index is 5.97. The lowest BCUT2D eigenvalue weighted by atomic mass is 9.70. The van der Waals surface area contributed by atoms with Crippen LogP contribution in [-0.2, 0) is 9.47 Å². The fourth-order valence-corrected chi connectivity index (χ4v) is 2.92. The fraction of sp³-hybridized carbons (Fsp3) is 0.786. The van der Waals surface area contributed by atoms with Crippen LogP contribution in [0.1, 0.15) is 33.1 Å². The maximum atomic E-state index is 5.97. The Morgan fingerprint density at radius 1 is 1.60 bits per heavy atom. The van der Waals surface area contributed by atoms with Gasteiger partial charge in [-0.05, 0) is 33.1 Å². The molecule has 5 nitrogen and oxygen atoms in total. The quantitative estimate of drug-likeness (QED) is 0.323. The molecule has 0 bridgehead atoms. The Morgan fingerprint density at radius 2 is 2.35 bits per heavy atom. The fourth-order valence-electron chi connectivity index (χ4n) is 2.92. The highest BCUT2D eigenvalue weighted by Crippen LogP contribution is 2.45. The highest BCUT2D eigenvalue weighted by Gasteiger charge is 2.58. The number of nitrogens with one attached hydrogen (secondary N) is 1. The van der Waals surface area contributed by atoms with E-state index in [0.29, 0.717) is 12.5 Å². The van der Waals surface area contributed by atoms with Gasteiger partial charge in [0.15, 0.2) is 5.96 Å². The second kappa shape index (κ2) is 7.61. The van der Waals surface area contributed by atoms with E-state index in [2.05, 4.69) is 16.9 Å². The summed E-state index contributed by atoms with van der Waals surface area (Å²) in [4.78, 5) is 4.26. The van der Waals surface area contributed by atoms with Crippen molar-refractivity contribution in [1.29, 1.82) is 0 Å². The second-order valence-electron chi connectivity index (χ2n) is 5.44. The van der Waals surface area contributed by atoms with Gasteiger partial charge < -0.3 is 20.5 Å². The lowest BCUT2D eigenvalue weighted by molar-refractivity contribution is -0.194. The molecule has 2 rings (SSSR count). The van der Waals surface area contributed by atoms with Gasteiger partial charge in [-0.25, -0.2) is 4.99 Å². The molecule has 0 aromatic rings. The molecule has 0 aromatic carbocycles. The summed E-state index contributed by atoms with van der Waals surface area (Å²) in [6.45, 7) is 9.87. The Hall–Kier alpha value is -0.340. The van der Waals surface area contributed by atoms with Gasteiger partial charge in [0.1, 0.15) is 5.60 Å². The Morgan fingerprint density at radius 3 is 2.90 bits per heavy atom. The normalized spacial score (nSPS) is 32.6. The van der Waals surface area contributed by atoms with E-state index in [1.165, 1.54) is 0 Å². The molecule has 1 heterocycles. The molecule has 20 heavy (non-hydrogen) atoms. The molecule has 3 atom stereocenters. The summed E-state index contributed by atoms with van der Waals surface area (Å²) < 4.78 is 11.7. The van der Waals surface area contributed by atoms with Gasteiger partial charge in [0.2, 0.25) is 0 Å². The molecular weight excluding hydrogens is 369 g/mol. The van der Waals surface area contributed by atoms with Crippen LogP contribution in [0.5, 0.6) is 0 Å². The first-order valence-corrected chi connectivity index (χ1v) is 7.05. The van der Waals surface area contributed by atoms with E-state index in [0.717, 1.165) is 38.0 Å². The van der Waals surface area contributed by atoms with E-state index in [1.54, 1.807) is 0 Å². The second-order valence-corrected chi connectivity index (χ2v) is 5.44. The highest BCUT2D eigenvalue weighted by atomic mass is 127. The van der Waals surface area contributed by atoms with Crippen molar-refractivity contribution in [2.45, 2.75) is 50.9 Å². The van der Waals surface area contributed by atoms with E-state index in [4.69, 9.17) is 15.2 Å². The largest absolute Gasteiger partial charge is 0.375 e. The number of hydrogen-bond donors (Lipinski definition) is 2. The highest BCUT2D eigenvalue weighted by molar-refractivity contribution is 14.0. The monoisotopic (exact) mass is 395 g/mol. The number of nitrogens with zero attached hydrogens (tertiary/aromatic N) is 1. The summed E-state index contributed by atoms with van der Waals surface area (Å²) >= 11 is 0. The summed E-state index contributed by atoms with van der Waals surface area (Å²) in [5.41, 5.74) is 6.71. The van der Waals surface area contributed by atoms with Gasteiger partial charge in [-0.3, -0.25) is 0 Å². The summed E-state index contributed by atoms with van der Waals surface area (Å²) in [5, 5.41) is 3.27. The first kappa shape index (κ1) is 17.7. The molecule has 0 radical (unpaired) electrons. The summed E-state index contributed by atoms with van der Waals surface area (Å²) in [5.74, 6) is 0.470. The van der Waals surface area contributed by atoms with Crippen molar-refractivity contribution < 1.29 is 9.47 Å². The lowest BCUT2D eigenvalue weighted by Gasteiger charge is -2.52. The summed E-state index contributed by atoms with van der Waals surface area (Å²) in [7, 11) is 0. The Kier molecular flexibility index (Phi) is 6.74. The number of aliphatic imine (C=N–C) groups is 1. The van der Waals surface area contributed by atoms with Crippen molar-refractivity contribution in [3.05, 3.63) is 12.2 Å². The zero-order valence-electron chi connectivity index (χ0n) is 12.4. The van der Waals surface area contributed by atoms with Crippen LogP contribution in [-0.4, -0.2) is 43.5 Å². The Labute approximate surface area is 138 Å². The number of halogens is 1. The SMILES string of the molecule is C=C(C)CN=C(N)NC1CC(OCC)C12CCCO2.I. The predicted octanol–water partition coefficient (Wildman–Crippen LogP) is 1.81. The smallest absolute Gasteiger partial charge is 0.189 e. The van der Waals surface area contributed by atoms with E-state index < -0.39 is 0 Å². The topological polar surface area (TPSA) is 68.9 Å². The van der Waals surface area contributed by atoms with Gasteiger partial charge in [-0.15, -0.1) is 24.0 Å². The third-order valence-corrected chi connectivity index (χ3v) is 3.88. The number of ether oxygens (including phenoxy) is 2. The lowest BCUT2D eigenvalue weighted by Crippen LogP contribution is -2.70. The molecule has 2 aliphatic rings. The minimum absolute atomic E-state index is 0. The molecule has 0 aromatic heterocycles. The van der Waals surface area contributed by atoms with Crippen molar-refractivity contribution >= 4 is 29.9 Å². The third-order valence-electron chi connectivity index (χ3n) is 3.88. The zero-order valence-corrected chi connectivity index (χ0v) is 14.7. The van der Waals surface area contributed by atoms with Crippen molar-refractivity contribution in [2.75, 3.05) is 19.8 Å². The molecule has 0 amide bonds. The van der Waals surface area contributed by atoms with Crippen molar-refractivity contribution in [3.8, 4) is 0 Å². The van der Waals surface area contributed by atoms with Gasteiger partial charge >= 0.3 is 0 Å². The summed E-state index contributed by atoms with van der Waals surface area (Å²) in [6, 6.07) is 0.209. The van der Waals surface area contributed by atoms with E-state index in [9.17, 15) is 0 Å². The molecule has 1 aliphatic carbocycles. The standard InChI is InChI=1S/C14H25N3O2.HI/c1-4-18-12-8-11(14(12)6-5-7-19-14)17-13(15)16-9-10(2)3;/h11-12H,2,4-9H2,1,3H3,(H3,15,16,17);1H. The number of nitrogens with two attached hydrogens (primary N) is 1. The van der Waals surface area contributed by atoms with Crippen LogP contribution in [0.3, 0.4) is 0 Å². The molecule has 6 heteroatoms. The molecule has 1 saturated carbocycles. The van der Waals surface area contributed by atoms with Crippen molar-refractivity contribution in [3.63, 3.8) is 0 Å². The van der Waals surface area contributed by atoms with Gasteiger partial charge in [-0.2, -0.15) is 0 Å². The van der Waals surface area contributed by atoms with Gasteiger partial charge in [0.05, 0.1) is 18.7 Å². The van der Waals surface area contributed by atoms with Crippen LogP contribution in [0.25, 0.3) is 0 Å². The van der Waals surface area contributed by atoms with E-state index in [-0.39, 0.29) is 41.7 Å². The van der Waals surface area contributed by atoms with E-state index >= 15 is 0 Å². The van der Waals surface area contributed by atoms with Crippen LogP contribution in [0.15, 0.2) is 17.1 Å². The van der Waals surface area contributed by atoms with Crippen molar-refractivity contribution in [2.24, 2.45) is 10.7 Å². The van der Waals surface area contributed by atoms with Crippen LogP contribution >= 0.6 is 24.0 Å². The molecule has 3 unspecified atom stereocenters. The van der Waals surface area contributed by atoms with Crippen molar-refractivity contribution in [1.82, 2.24) is 5.32 Å². The molecular formula is C14H26IN3O2. The van der Waals surface area contributed by atoms with E-state index in [1.807, 2.05) is 13.8 Å². The first-order chi connectivity index (χ1) is 9.08. The molecule has 2 fully saturated rings. The maximum Gasteiger partial charge on any atom is 0.189 e. The molecule has 1 saturated heterocycles. The predicted molar refractivity (Wildman–Crippen MR) is 91.6 cm³/mol. The number of hydrogen-bond acceptors (Lipinski definition) is 3. The van der Waals surface area contributed by atoms with Crippen LogP contribution in [0.2, 0.25) is 0 Å². The van der Waals surface area contributed by atoms with Gasteiger partial charge in [0.25, 0.3) is 0 Å². The van der Waals surface area contributed by atoms with Crippen LogP contribution in [0, 0.1) is 0 Å². The van der Waals surface area contributed by atoms with Crippen LogP contribution in [0.4, 0.5) is 0 Å².